The minimum atomic E-state index is -4.61. The molecule has 1 aliphatic heterocycles. The molecule has 11 nitrogen and oxygen atoms in total. The first-order chi connectivity index (χ1) is 19.8. The standard InChI is InChI=1S/C26H29F4N9O2S/c1-38-23(25(28,29)30)11-22(37-38)20-13-33-26(31,36-24(20)35-18-4-2-17(27)3-5-18)16-8-9-32-21(10-16)15-12-34-39(14-15)42(40,41)19-6-7-19/h8-14,17-19,35-36H,2-7,31H2,1H3. The zero-order valence-electron chi connectivity index (χ0n) is 22.5. The highest BCUT2D eigenvalue weighted by atomic mass is 32.2. The van der Waals surface area contributed by atoms with E-state index in [-0.39, 0.29) is 17.3 Å². The molecule has 3 aromatic heterocycles. The van der Waals surface area contributed by atoms with E-state index in [0.717, 1.165) is 14.8 Å². The minimum Gasteiger partial charge on any atom is -0.368 e. The monoisotopic (exact) mass is 607 g/mol. The lowest BCUT2D eigenvalue weighted by molar-refractivity contribution is -0.143. The fourth-order valence-electron chi connectivity index (χ4n) is 5.16. The number of nitrogens with one attached hydrogen (secondary N) is 2. The van der Waals surface area contributed by atoms with Gasteiger partial charge in [-0.05, 0) is 56.7 Å². The molecule has 2 aliphatic carbocycles. The predicted molar refractivity (Wildman–Crippen MR) is 146 cm³/mol. The SMILES string of the molecule is Cn1nc(C2=C(NC3CCC(F)CC3)NC(N)(c3ccnc(-c4cnn(S(=O)(=O)C5CC5)c4)c3)N=C2)cc1C(F)(F)F. The topological polar surface area (TPSA) is 145 Å². The summed E-state index contributed by atoms with van der Waals surface area (Å²) in [6.45, 7) is 0. The highest BCUT2D eigenvalue weighted by Crippen LogP contribution is 2.34. The van der Waals surface area contributed by atoms with Crippen LogP contribution in [0.4, 0.5) is 17.6 Å². The third kappa shape index (κ3) is 5.40. The van der Waals surface area contributed by atoms with Gasteiger partial charge in [0.25, 0.3) is 10.0 Å². The molecule has 0 saturated heterocycles. The number of pyridine rings is 1. The second-order valence-electron chi connectivity index (χ2n) is 10.8. The number of nitrogens with zero attached hydrogens (tertiary/aromatic N) is 6. The normalized spacial score (nSPS) is 25.0. The molecule has 0 radical (unpaired) electrons. The Morgan fingerprint density at radius 3 is 2.52 bits per heavy atom. The number of aryl methyl sites for hydroxylation is 1. The number of nitrogens with two attached hydrogens (primary N) is 1. The van der Waals surface area contributed by atoms with Crippen LogP contribution >= 0.6 is 0 Å². The van der Waals surface area contributed by atoms with Crippen molar-refractivity contribution in [3.63, 3.8) is 0 Å². The molecule has 16 heteroatoms. The molecule has 1 atom stereocenters. The largest absolute Gasteiger partial charge is 0.433 e. The first-order valence-electron chi connectivity index (χ1n) is 13.5. The highest BCUT2D eigenvalue weighted by molar-refractivity contribution is 7.90. The number of alkyl halides is 4. The number of halogens is 4. The van der Waals surface area contributed by atoms with Crippen molar-refractivity contribution in [1.82, 2.24) is 34.6 Å². The number of hydrogen-bond donors (Lipinski definition) is 3. The Morgan fingerprint density at radius 2 is 1.86 bits per heavy atom. The number of rotatable bonds is 7. The molecule has 0 bridgehead atoms. The van der Waals surface area contributed by atoms with Crippen molar-refractivity contribution in [2.75, 3.05) is 0 Å². The van der Waals surface area contributed by atoms with Crippen LogP contribution < -0.4 is 16.4 Å². The Balaban J connectivity index is 1.33. The van der Waals surface area contributed by atoms with Gasteiger partial charge in [0.05, 0.1) is 34.6 Å². The molecule has 4 N–H and O–H groups in total. The van der Waals surface area contributed by atoms with Crippen LogP contribution in [0.2, 0.25) is 0 Å². The molecule has 6 rings (SSSR count). The van der Waals surface area contributed by atoms with E-state index in [1.807, 2.05) is 0 Å². The van der Waals surface area contributed by atoms with Crippen molar-refractivity contribution in [3.05, 3.63) is 59.6 Å². The summed E-state index contributed by atoms with van der Waals surface area (Å²) in [5.41, 5.74) is 7.39. The van der Waals surface area contributed by atoms with Crippen LogP contribution in [0.3, 0.4) is 0 Å². The summed E-state index contributed by atoms with van der Waals surface area (Å²) in [4.78, 5) is 8.81. The van der Waals surface area contributed by atoms with Gasteiger partial charge < -0.3 is 10.6 Å². The molecule has 1 unspecified atom stereocenters. The molecule has 2 fully saturated rings. The minimum absolute atomic E-state index is 0.0320. The average Bonchev–Trinajstić information content (AvgIpc) is 3.55. The zero-order valence-corrected chi connectivity index (χ0v) is 23.3. The molecule has 3 aliphatic rings. The molecular formula is C26H29F4N9O2S. The Labute approximate surface area is 239 Å². The molecule has 42 heavy (non-hydrogen) atoms. The van der Waals surface area contributed by atoms with Crippen molar-refractivity contribution in [3.8, 4) is 11.3 Å². The third-order valence-corrected chi connectivity index (χ3v) is 9.73. The Kier molecular flexibility index (Phi) is 6.87. The van der Waals surface area contributed by atoms with Crippen molar-refractivity contribution >= 4 is 21.8 Å². The van der Waals surface area contributed by atoms with E-state index in [9.17, 15) is 26.0 Å². The first-order valence-corrected chi connectivity index (χ1v) is 15.0. The molecule has 3 aromatic rings. The number of hydrogen-bond acceptors (Lipinski definition) is 9. The van der Waals surface area contributed by atoms with Crippen LogP contribution in [-0.4, -0.2) is 56.0 Å². The van der Waals surface area contributed by atoms with Crippen molar-refractivity contribution in [1.29, 1.82) is 0 Å². The average molecular weight is 608 g/mol. The fourth-order valence-corrected chi connectivity index (χ4v) is 6.64. The summed E-state index contributed by atoms with van der Waals surface area (Å²) in [5, 5.41) is 14.1. The van der Waals surface area contributed by atoms with E-state index in [1.54, 1.807) is 12.1 Å². The van der Waals surface area contributed by atoms with Gasteiger partial charge in [-0.1, -0.05) is 0 Å². The van der Waals surface area contributed by atoms with Gasteiger partial charge in [0, 0.05) is 36.6 Å². The first kappa shape index (κ1) is 28.3. The second-order valence-corrected chi connectivity index (χ2v) is 12.9. The third-order valence-electron chi connectivity index (χ3n) is 7.70. The smallest absolute Gasteiger partial charge is 0.368 e. The van der Waals surface area contributed by atoms with Crippen LogP contribution in [0, 0.1) is 0 Å². The predicted octanol–water partition coefficient (Wildman–Crippen LogP) is 3.02. The van der Waals surface area contributed by atoms with Gasteiger partial charge in [0.1, 0.15) is 17.7 Å². The molecular weight excluding hydrogens is 578 g/mol. The number of aliphatic imine (C=N–C) groups is 1. The van der Waals surface area contributed by atoms with E-state index in [1.165, 1.54) is 31.9 Å². The number of allylic oxidation sites excluding steroid dienone is 1. The molecule has 4 heterocycles. The Morgan fingerprint density at radius 1 is 1.12 bits per heavy atom. The second kappa shape index (κ2) is 10.2. The van der Waals surface area contributed by atoms with Crippen LogP contribution in [0.15, 0.2) is 47.6 Å². The van der Waals surface area contributed by atoms with Crippen molar-refractivity contribution in [2.45, 2.75) is 68.0 Å². The zero-order chi connectivity index (χ0) is 29.9. The molecule has 0 aromatic carbocycles. The number of aromatic nitrogens is 5. The Bertz CT molecular complexity index is 1670. The lowest BCUT2D eigenvalue weighted by Crippen LogP contribution is -2.54. The van der Waals surface area contributed by atoms with Gasteiger partial charge in [0.2, 0.25) is 5.79 Å². The molecule has 224 valence electrons. The maximum Gasteiger partial charge on any atom is 0.433 e. The maximum atomic E-state index is 13.8. The van der Waals surface area contributed by atoms with Gasteiger partial charge >= 0.3 is 6.18 Å². The summed E-state index contributed by atoms with van der Waals surface area (Å²) < 4.78 is 81.2. The summed E-state index contributed by atoms with van der Waals surface area (Å²) in [6, 6.07) is 4.04. The molecule has 0 amide bonds. The van der Waals surface area contributed by atoms with E-state index in [4.69, 9.17) is 5.73 Å². The quantitative estimate of drug-likeness (QED) is 0.348. The lowest BCUT2D eigenvalue weighted by Gasteiger charge is -2.36. The van der Waals surface area contributed by atoms with Crippen molar-refractivity contribution in [2.24, 2.45) is 17.8 Å². The van der Waals surface area contributed by atoms with Crippen LogP contribution in [0.25, 0.3) is 16.8 Å². The molecule has 2 saturated carbocycles. The lowest BCUT2D eigenvalue weighted by atomic mass is 9.93. The van der Waals surface area contributed by atoms with Gasteiger partial charge in [0.15, 0.2) is 0 Å². The fraction of sp³-hybridized carbons (Fsp3) is 0.462. The van der Waals surface area contributed by atoms with Crippen LogP contribution in [0.5, 0.6) is 0 Å². The summed E-state index contributed by atoms with van der Waals surface area (Å²) in [7, 11) is -2.35. The van der Waals surface area contributed by atoms with E-state index < -0.39 is 39.1 Å². The summed E-state index contributed by atoms with van der Waals surface area (Å²) in [6.07, 6.45) is 3.13. The van der Waals surface area contributed by atoms with E-state index >= 15 is 0 Å². The van der Waals surface area contributed by atoms with Crippen LogP contribution in [0.1, 0.15) is 55.5 Å². The van der Waals surface area contributed by atoms with E-state index in [2.05, 4.69) is 30.8 Å². The maximum absolute atomic E-state index is 13.8. The van der Waals surface area contributed by atoms with E-state index in [0.29, 0.717) is 61.2 Å². The highest BCUT2D eigenvalue weighted by Gasteiger charge is 2.39. The van der Waals surface area contributed by atoms with Crippen molar-refractivity contribution < 1.29 is 26.0 Å². The molecule has 0 spiro atoms. The van der Waals surface area contributed by atoms with Gasteiger partial charge in [-0.25, -0.2) is 17.8 Å². The van der Waals surface area contributed by atoms with Crippen LogP contribution in [-0.2, 0) is 29.0 Å². The summed E-state index contributed by atoms with van der Waals surface area (Å²) >= 11 is 0. The summed E-state index contributed by atoms with van der Waals surface area (Å²) in [5.74, 6) is -1.26. The Hall–Kier alpha value is -3.79. The van der Waals surface area contributed by atoms with Gasteiger partial charge in [-0.3, -0.25) is 15.4 Å². The van der Waals surface area contributed by atoms with Gasteiger partial charge in [-0.15, -0.1) is 0 Å². The van der Waals surface area contributed by atoms with Gasteiger partial charge in [-0.2, -0.15) is 27.5 Å².